The maximum atomic E-state index is 11.7. The van der Waals surface area contributed by atoms with Crippen LogP contribution in [0, 0.1) is 5.92 Å². The highest BCUT2D eigenvalue weighted by molar-refractivity contribution is 5.67. The summed E-state index contributed by atoms with van der Waals surface area (Å²) in [5.74, 6) is 0.867. The maximum Gasteiger partial charge on any atom is 0.409 e. The first-order valence-electron chi connectivity index (χ1n) is 8.92. The normalized spacial score (nSPS) is 23.0. The van der Waals surface area contributed by atoms with E-state index in [0.29, 0.717) is 18.7 Å². The number of hydrogen-bond donors (Lipinski definition) is 1. The lowest BCUT2D eigenvalue weighted by molar-refractivity contribution is 0.0925. The molecule has 2 aliphatic rings. The Kier molecular flexibility index (Phi) is 6.81. The van der Waals surface area contributed by atoms with E-state index in [1.165, 1.54) is 38.5 Å². The van der Waals surface area contributed by atoms with Crippen LogP contribution in [0.5, 0.6) is 0 Å². The molecule has 0 aromatic rings. The number of piperidine rings is 1. The third-order valence-corrected chi connectivity index (χ3v) is 5.13. The van der Waals surface area contributed by atoms with Crippen LogP contribution in [0.3, 0.4) is 0 Å². The second-order valence-electron chi connectivity index (χ2n) is 6.54. The Bertz CT molecular complexity index is 308. The first-order valence-corrected chi connectivity index (χ1v) is 8.92. The SMILES string of the molecule is CCOC(=O)N1CCC(NC(CC)C2CCCCC2)CC1. The predicted octanol–water partition coefficient (Wildman–Crippen LogP) is 3.56. The highest BCUT2D eigenvalue weighted by Crippen LogP contribution is 2.28. The number of ether oxygens (including phenoxy) is 1. The molecule has 0 aromatic heterocycles. The Morgan fingerprint density at radius 2 is 1.81 bits per heavy atom. The Hall–Kier alpha value is -0.770. The standard InChI is InChI=1S/C17H32N2O2/c1-3-16(14-8-6-5-7-9-14)18-15-10-12-19(13-11-15)17(20)21-4-2/h14-16,18H,3-13H2,1-2H3. The molecule has 0 radical (unpaired) electrons. The van der Waals surface area contributed by atoms with Crippen molar-refractivity contribution >= 4 is 6.09 Å². The average Bonchev–Trinajstić information content (AvgIpc) is 2.54. The Labute approximate surface area is 129 Å². The molecule has 1 saturated heterocycles. The molecule has 4 nitrogen and oxygen atoms in total. The number of carbonyl (C=O) groups is 1. The van der Waals surface area contributed by atoms with Gasteiger partial charge < -0.3 is 15.0 Å². The maximum absolute atomic E-state index is 11.7. The van der Waals surface area contributed by atoms with Gasteiger partial charge in [-0.05, 0) is 44.9 Å². The minimum Gasteiger partial charge on any atom is -0.450 e. The molecule has 122 valence electrons. The zero-order chi connectivity index (χ0) is 15.1. The van der Waals surface area contributed by atoms with Gasteiger partial charge in [-0.25, -0.2) is 4.79 Å². The lowest BCUT2D eigenvalue weighted by Gasteiger charge is -2.37. The van der Waals surface area contributed by atoms with Crippen molar-refractivity contribution in [2.45, 2.75) is 77.3 Å². The summed E-state index contributed by atoms with van der Waals surface area (Å²) in [6, 6.07) is 1.24. The first-order chi connectivity index (χ1) is 10.2. The molecule has 4 heteroatoms. The smallest absolute Gasteiger partial charge is 0.409 e. The van der Waals surface area contributed by atoms with Crippen LogP contribution in [0.1, 0.15) is 65.2 Å². The van der Waals surface area contributed by atoms with E-state index in [1.807, 2.05) is 11.8 Å². The Balaban J connectivity index is 1.74. The van der Waals surface area contributed by atoms with Crippen LogP contribution in [0.2, 0.25) is 0 Å². The molecule has 1 amide bonds. The van der Waals surface area contributed by atoms with Gasteiger partial charge in [-0.15, -0.1) is 0 Å². The quantitative estimate of drug-likeness (QED) is 0.843. The van der Waals surface area contributed by atoms with Crippen LogP contribution in [0.25, 0.3) is 0 Å². The van der Waals surface area contributed by atoms with Gasteiger partial charge in [0.15, 0.2) is 0 Å². The summed E-state index contributed by atoms with van der Waals surface area (Å²) >= 11 is 0. The van der Waals surface area contributed by atoms with E-state index in [9.17, 15) is 4.79 Å². The van der Waals surface area contributed by atoms with Crippen molar-refractivity contribution in [3.8, 4) is 0 Å². The van der Waals surface area contributed by atoms with Gasteiger partial charge in [0.1, 0.15) is 0 Å². The van der Waals surface area contributed by atoms with Crippen LogP contribution in [0.4, 0.5) is 4.79 Å². The van der Waals surface area contributed by atoms with Gasteiger partial charge in [-0.2, -0.15) is 0 Å². The van der Waals surface area contributed by atoms with Crippen molar-refractivity contribution in [2.75, 3.05) is 19.7 Å². The molecule has 0 spiro atoms. The van der Waals surface area contributed by atoms with Crippen LogP contribution >= 0.6 is 0 Å². The zero-order valence-electron chi connectivity index (χ0n) is 13.8. The molecule has 0 aromatic carbocycles. The van der Waals surface area contributed by atoms with Crippen molar-refractivity contribution in [2.24, 2.45) is 5.92 Å². The van der Waals surface area contributed by atoms with E-state index in [1.54, 1.807) is 0 Å². The molecule has 1 saturated carbocycles. The second-order valence-corrected chi connectivity index (χ2v) is 6.54. The number of rotatable bonds is 5. The van der Waals surface area contributed by atoms with Crippen molar-refractivity contribution < 1.29 is 9.53 Å². The monoisotopic (exact) mass is 296 g/mol. The number of likely N-dealkylation sites (tertiary alicyclic amines) is 1. The van der Waals surface area contributed by atoms with Crippen LogP contribution in [-0.2, 0) is 4.74 Å². The van der Waals surface area contributed by atoms with Crippen LogP contribution < -0.4 is 5.32 Å². The topological polar surface area (TPSA) is 41.6 Å². The second kappa shape index (κ2) is 8.62. The van der Waals surface area contributed by atoms with Crippen molar-refractivity contribution in [1.29, 1.82) is 0 Å². The molecule has 1 aliphatic carbocycles. The third kappa shape index (κ3) is 4.87. The summed E-state index contributed by atoms with van der Waals surface area (Å²) in [6.07, 6.45) is 10.2. The summed E-state index contributed by atoms with van der Waals surface area (Å²) in [7, 11) is 0. The lowest BCUT2D eigenvalue weighted by Crippen LogP contribution is -2.49. The van der Waals surface area contributed by atoms with Gasteiger partial charge in [0.25, 0.3) is 0 Å². The van der Waals surface area contributed by atoms with E-state index >= 15 is 0 Å². The molecule has 21 heavy (non-hydrogen) atoms. The molecule has 2 rings (SSSR count). The minimum atomic E-state index is -0.143. The number of amides is 1. The highest BCUT2D eigenvalue weighted by atomic mass is 16.6. The summed E-state index contributed by atoms with van der Waals surface area (Å²) in [5, 5.41) is 3.89. The molecule has 1 atom stereocenters. The summed E-state index contributed by atoms with van der Waals surface area (Å²) in [5.41, 5.74) is 0. The molecule has 1 aliphatic heterocycles. The number of nitrogens with zero attached hydrogens (tertiary/aromatic N) is 1. The van der Waals surface area contributed by atoms with Gasteiger partial charge in [0.05, 0.1) is 6.61 Å². The molecular formula is C17H32N2O2. The van der Waals surface area contributed by atoms with E-state index in [2.05, 4.69) is 12.2 Å². The zero-order valence-corrected chi connectivity index (χ0v) is 13.8. The highest BCUT2D eigenvalue weighted by Gasteiger charge is 2.28. The van der Waals surface area contributed by atoms with Gasteiger partial charge in [0, 0.05) is 25.2 Å². The van der Waals surface area contributed by atoms with Gasteiger partial charge in [-0.3, -0.25) is 0 Å². The first kappa shape index (κ1) is 16.6. The fraction of sp³-hybridized carbons (Fsp3) is 0.941. The van der Waals surface area contributed by atoms with E-state index in [4.69, 9.17) is 4.74 Å². The molecule has 1 N–H and O–H groups in total. The minimum absolute atomic E-state index is 0.143. The van der Waals surface area contributed by atoms with Crippen molar-refractivity contribution in [3.05, 3.63) is 0 Å². The molecule has 1 heterocycles. The fourth-order valence-corrected chi connectivity index (χ4v) is 3.87. The van der Waals surface area contributed by atoms with Gasteiger partial charge >= 0.3 is 6.09 Å². The number of nitrogens with one attached hydrogen (secondary N) is 1. The van der Waals surface area contributed by atoms with E-state index in [-0.39, 0.29) is 6.09 Å². The van der Waals surface area contributed by atoms with E-state index < -0.39 is 0 Å². The Morgan fingerprint density at radius 3 is 2.38 bits per heavy atom. The Morgan fingerprint density at radius 1 is 1.14 bits per heavy atom. The fourth-order valence-electron chi connectivity index (χ4n) is 3.87. The van der Waals surface area contributed by atoms with Crippen LogP contribution in [-0.4, -0.2) is 42.8 Å². The predicted molar refractivity (Wildman–Crippen MR) is 85.4 cm³/mol. The van der Waals surface area contributed by atoms with Crippen molar-refractivity contribution in [1.82, 2.24) is 10.2 Å². The molecule has 1 unspecified atom stereocenters. The average molecular weight is 296 g/mol. The lowest BCUT2D eigenvalue weighted by atomic mass is 9.82. The summed E-state index contributed by atoms with van der Waals surface area (Å²) in [4.78, 5) is 13.6. The van der Waals surface area contributed by atoms with Crippen LogP contribution in [0.15, 0.2) is 0 Å². The number of carbonyl (C=O) groups excluding carboxylic acids is 1. The third-order valence-electron chi connectivity index (χ3n) is 5.13. The summed E-state index contributed by atoms with van der Waals surface area (Å²) < 4.78 is 5.08. The van der Waals surface area contributed by atoms with E-state index in [0.717, 1.165) is 31.8 Å². The summed E-state index contributed by atoms with van der Waals surface area (Å²) in [6.45, 7) is 6.30. The molecular weight excluding hydrogens is 264 g/mol. The van der Waals surface area contributed by atoms with Crippen molar-refractivity contribution in [3.63, 3.8) is 0 Å². The largest absolute Gasteiger partial charge is 0.450 e. The van der Waals surface area contributed by atoms with Gasteiger partial charge in [-0.1, -0.05) is 26.2 Å². The molecule has 0 bridgehead atoms. The number of hydrogen-bond acceptors (Lipinski definition) is 3. The van der Waals surface area contributed by atoms with Gasteiger partial charge in [0.2, 0.25) is 0 Å². The molecule has 2 fully saturated rings.